The highest BCUT2D eigenvalue weighted by Gasteiger charge is 2.28. The number of carbonyl (C=O) groups is 2. The molecule has 1 heterocycles. The molecule has 3 N–H and O–H groups in total. The Labute approximate surface area is 118 Å². The first-order valence-electron chi connectivity index (χ1n) is 6.31. The Kier molecular flexibility index (Phi) is 3.13. The quantitative estimate of drug-likeness (QED) is 0.795. The zero-order chi connectivity index (χ0) is 15.0. The molecule has 7 nitrogen and oxygen atoms in total. The number of aromatic nitrogens is 3. The number of nitrogens with one attached hydrogen (secondary N) is 2. The molecule has 3 rings (SSSR count). The molecule has 0 atom stereocenters. The standard InChI is InChI=1S/C13H11FN4O3/c14-7-3-4-8(13(20)21)9(5-7)15-12(19)11-16-10(17-18-11)6-1-2-6/h3-6H,1-2H2,(H,15,19)(H,20,21)(H,16,17,18). The summed E-state index contributed by atoms with van der Waals surface area (Å²) in [6.07, 6.45) is 2.01. The van der Waals surface area contributed by atoms with Crippen molar-refractivity contribution in [2.24, 2.45) is 0 Å². The van der Waals surface area contributed by atoms with Crippen LogP contribution in [0.15, 0.2) is 18.2 Å². The first kappa shape index (κ1) is 13.2. The number of H-pyrrole nitrogens is 1. The molecule has 1 aromatic heterocycles. The zero-order valence-electron chi connectivity index (χ0n) is 10.8. The van der Waals surface area contributed by atoms with Crippen molar-refractivity contribution >= 4 is 17.6 Å². The average molecular weight is 290 g/mol. The van der Waals surface area contributed by atoms with Crippen molar-refractivity contribution in [3.8, 4) is 0 Å². The summed E-state index contributed by atoms with van der Waals surface area (Å²) in [5.74, 6) is -1.76. The van der Waals surface area contributed by atoms with Crippen LogP contribution >= 0.6 is 0 Å². The van der Waals surface area contributed by atoms with Crippen LogP contribution in [0.2, 0.25) is 0 Å². The van der Waals surface area contributed by atoms with Gasteiger partial charge in [-0.2, -0.15) is 0 Å². The Balaban J connectivity index is 1.83. The maximum absolute atomic E-state index is 13.2. The number of carboxylic acids is 1. The average Bonchev–Trinajstić information content (AvgIpc) is 3.16. The highest BCUT2D eigenvalue weighted by molar-refractivity contribution is 6.05. The van der Waals surface area contributed by atoms with Crippen LogP contribution in [0.1, 0.15) is 45.6 Å². The minimum absolute atomic E-state index is 0.0995. The van der Waals surface area contributed by atoms with Gasteiger partial charge in [0.2, 0.25) is 5.82 Å². The second-order valence-corrected chi connectivity index (χ2v) is 4.77. The van der Waals surface area contributed by atoms with Crippen molar-refractivity contribution in [2.45, 2.75) is 18.8 Å². The lowest BCUT2D eigenvalue weighted by molar-refractivity contribution is 0.0698. The van der Waals surface area contributed by atoms with Crippen molar-refractivity contribution in [3.63, 3.8) is 0 Å². The van der Waals surface area contributed by atoms with E-state index in [2.05, 4.69) is 20.5 Å². The Morgan fingerprint density at radius 2 is 2.14 bits per heavy atom. The fourth-order valence-corrected chi connectivity index (χ4v) is 1.90. The number of benzene rings is 1. The summed E-state index contributed by atoms with van der Waals surface area (Å²) in [4.78, 5) is 27.1. The van der Waals surface area contributed by atoms with Gasteiger partial charge in [0.1, 0.15) is 11.6 Å². The molecule has 0 radical (unpaired) electrons. The smallest absolute Gasteiger partial charge is 0.337 e. The van der Waals surface area contributed by atoms with Gasteiger partial charge in [-0.25, -0.2) is 14.2 Å². The second-order valence-electron chi connectivity index (χ2n) is 4.77. The topological polar surface area (TPSA) is 108 Å². The predicted molar refractivity (Wildman–Crippen MR) is 69.7 cm³/mol. The van der Waals surface area contributed by atoms with E-state index in [1.54, 1.807) is 0 Å². The van der Waals surface area contributed by atoms with Crippen LogP contribution in [0.25, 0.3) is 0 Å². The van der Waals surface area contributed by atoms with E-state index in [0.717, 1.165) is 31.0 Å². The molecular weight excluding hydrogens is 279 g/mol. The zero-order valence-corrected chi connectivity index (χ0v) is 10.8. The van der Waals surface area contributed by atoms with Gasteiger partial charge in [-0.15, -0.1) is 5.10 Å². The molecule has 1 fully saturated rings. The number of aromatic amines is 1. The molecule has 0 unspecified atom stereocenters. The molecule has 1 aromatic carbocycles. The van der Waals surface area contributed by atoms with E-state index in [9.17, 15) is 14.0 Å². The lowest BCUT2D eigenvalue weighted by Crippen LogP contribution is -2.16. The summed E-state index contributed by atoms with van der Waals surface area (Å²) in [5, 5.41) is 17.8. The molecular formula is C13H11FN4O3. The maximum atomic E-state index is 13.2. The molecule has 1 aliphatic rings. The van der Waals surface area contributed by atoms with Crippen LogP contribution < -0.4 is 5.32 Å². The molecule has 0 aliphatic heterocycles. The third-order valence-electron chi connectivity index (χ3n) is 3.13. The van der Waals surface area contributed by atoms with Crippen molar-refractivity contribution in [1.29, 1.82) is 0 Å². The van der Waals surface area contributed by atoms with Crippen molar-refractivity contribution < 1.29 is 19.1 Å². The molecule has 8 heteroatoms. The van der Waals surface area contributed by atoms with Crippen LogP contribution in [-0.2, 0) is 0 Å². The Bertz CT molecular complexity index is 724. The van der Waals surface area contributed by atoms with E-state index >= 15 is 0 Å². The predicted octanol–water partition coefficient (Wildman–Crippen LogP) is 1.77. The lowest BCUT2D eigenvalue weighted by atomic mass is 10.1. The molecule has 108 valence electrons. The Hall–Kier alpha value is -2.77. The van der Waals surface area contributed by atoms with E-state index in [1.165, 1.54) is 0 Å². The number of amides is 1. The third kappa shape index (κ3) is 2.73. The number of aromatic carboxylic acids is 1. The SMILES string of the molecule is O=C(Nc1cc(F)ccc1C(=O)O)c1n[nH]c(C2CC2)n1. The van der Waals surface area contributed by atoms with Gasteiger partial charge in [0.05, 0.1) is 11.3 Å². The van der Waals surface area contributed by atoms with Gasteiger partial charge in [0, 0.05) is 5.92 Å². The number of nitrogens with zero attached hydrogens (tertiary/aromatic N) is 2. The molecule has 2 aromatic rings. The van der Waals surface area contributed by atoms with Gasteiger partial charge in [0.25, 0.3) is 5.91 Å². The van der Waals surface area contributed by atoms with Crippen LogP contribution in [-0.4, -0.2) is 32.2 Å². The first-order chi connectivity index (χ1) is 10.0. The molecule has 1 aliphatic carbocycles. The summed E-state index contributed by atoms with van der Waals surface area (Å²) >= 11 is 0. The second kappa shape index (κ2) is 4.97. The number of hydrogen-bond acceptors (Lipinski definition) is 4. The van der Waals surface area contributed by atoms with Crippen LogP contribution in [0.5, 0.6) is 0 Å². The number of anilines is 1. The molecule has 21 heavy (non-hydrogen) atoms. The van der Waals surface area contributed by atoms with Crippen molar-refractivity contribution in [1.82, 2.24) is 15.2 Å². The van der Waals surface area contributed by atoms with Gasteiger partial charge in [-0.05, 0) is 31.0 Å². The number of rotatable bonds is 4. The van der Waals surface area contributed by atoms with E-state index in [-0.39, 0.29) is 17.1 Å². The Morgan fingerprint density at radius 3 is 2.81 bits per heavy atom. The van der Waals surface area contributed by atoms with Crippen LogP contribution in [0, 0.1) is 5.82 Å². The molecule has 0 spiro atoms. The summed E-state index contributed by atoms with van der Waals surface area (Å²) in [6, 6.07) is 3.04. The summed E-state index contributed by atoms with van der Waals surface area (Å²) in [6.45, 7) is 0. The number of halogens is 1. The minimum atomic E-state index is -1.26. The highest BCUT2D eigenvalue weighted by Crippen LogP contribution is 2.37. The van der Waals surface area contributed by atoms with Crippen molar-refractivity contribution in [2.75, 3.05) is 5.32 Å². The van der Waals surface area contributed by atoms with Crippen molar-refractivity contribution in [3.05, 3.63) is 41.2 Å². The monoisotopic (exact) mass is 290 g/mol. The molecule has 1 saturated carbocycles. The summed E-state index contributed by atoms with van der Waals surface area (Å²) < 4.78 is 13.2. The van der Waals surface area contributed by atoms with Gasteiger partial charge in [0.15, 0.2) is 0 Å². The van der Waals surface area contributed by atoms with Gasteiger partial charge in [-0.1, -0.05) is 0 Å². The van der Waals surface area contributed by atoms with E-state index in [1.807, 2.05) is 0 Å². The molecule has 0 bridgehead atoms. The fourth-order valence-electron chi connectivity index (χ4n) is 1.90. The summed E-state index contributed by atoms with van der Waals surface area (Å²) in [5.41, 5.74) is -0.340. The minimum Gasteiger partial charge on any atom is -0.478 e. The molecule has 1 amide bonds. The third-order valence-corrected chi connectivity index (χ3v) is 3.13. The Morgan fingerprint density at radius 1 is 1.38 bits per heavy atom. The van der Waals surface area contributed by atoms with Gasteiger partial charge >= 0.3 is 5.97 Å². The maximum Gasteiger partial charge on any atom is 0.337 e. The van der Waals surface area contributed by atoms with E-state index < -0.39 is 17.7 Å². The number of carboxylic acid groups (broad SMARTS) is 1. The normalized spacial score (nSPS) is 14.0. The first-order valence-corrected chi connectivity index (χ1v) is 6.31. The van der Waals surface area contributed by atoms with Gasteiger partial charge in [-0.3, -0.25) is 9.89 Å². The largest absolute Gasteiger partial charge is 0.478 e. The van der Waals surface area contributed by atoms with Crippen LogP contribution in [0.3, 0.4) is 0 Å². The number of carbonyl (C=O) groups excluding carboxylic acids is 1. The van der Waals surface area contributed by atoms with Gasteiger partial charge < -0.3 is 10.4 Å². The fraction of sp³-hybridized carbons (Fsp3) is 0.231. The van der Waals surface area contributed by atoms with Crippen LogP contribution in [0.4, 0.5) is 10.1 Å². The lowest BCUT2D eigenvalue weighted by Gasteiger charge is -2.06. The van der Waals surface area contributed by atoms with E-state index in [4.69, 9.17) is 5.11 Å². The van der Waals surface area contributed by atoms with E-state index in [0.29, 0.717) is 11.7 Å². The number of hydrogen-bond donors (Lipinski definition) is 3. The molecule has 0 saturated heterocycles. The highest BCUT2D eigenvalue weighted by atomic mass is 19.1. The summed E-state index contributed by atoms with van der Waals surface area (Å²) in [7, 11) is 0.